The molecule has 2 heteroatoms. The van der Waals surface area contributed by atoms with Gasteiger partial charge in [-0.3, -0.25) is 4.90 Å². The third-order valence-electron chi connectivity index (χ3n) is 5.28. The Balaban J connectivity index is 1.97. The molecule has 2 saturated carbocycles. The van der Waals surface area contributed by atoms with E-state index in [2.05, 4.69) is 18.9 Å². The number of likely N-dealkylation sites (N-methyl/N-ethyl adjacent to an activating group) is 1. The summed E-state index contributed by atoms with van der Waals surface area (Å²) in [6.07, 6.45) is 9.83. The monoisotopic (exact) mass is 224 g/mol. The Morgan fingerprint density at radius 1 is 1.19 bits per heavy atom. The van der Waals surface area contributed by atoms with Crippen molar-refractivity contribution in [3.8, 4) is 0 Å². The first-order chi connectivity index (χ1) is 7.69. The molecular formula is C14H28N2. The summed E-state index contributed by atoms with van der Waals surface area (Å²) in [5, 5.41) is 0. The van der Waals surface area contributed by atoms with Crippen molar-refractivity contribution in [1.29, 1.82) is 0 Å². The second kappa shape index (κ2) is 5.05. The normalized spacial score (nSPS) is 36.4. The zero-order chi connectivity index (χ0) is 11.6. The lowest BCUT2D eigenvalue weighted by Crippen LogP contribution is -2.55. The van der Waals surface area contributed by atoms with E-state index in [4.69, 9.17) is 5.73 Å². The summed E-state index contributed by atoms with van der Waals surface area (Å²) in [6, 6.07) is 0. The maximum absolute atomic E-state index is 6.09. The summed E-state index contributed by atoms with van der Waals surface area (Å²) < 4.78 is 0. The molecule has 2 fully saturated rings. The van der Waals surface area contributed by atoms with Gasteiger partial charge in [0.2, 0.25) is 0 Å². The van der Waals surface area contributed by atoms with Gasteiger partial charge in [0.25, 0.3) is 0 Å². The molecule has 0 aromatic carbocycles. The molecule has 0 aromatic rings. The number of rotatable bonds is 4. The van der Waals surface area contributed by atoms with E-state index in [9.17, 15) is 0 Å². The van der Waals surface area contributed by atoms with Crippen molar-refractivity contribution in [2.75, 3.05) is 20.1 Å². The molecule has 2 atom stereocenters. The van der Waals surface area contributed by atoms with Crippen molar-refractivity contribution in [2.24, 2.45) is 17.6 Å². The predicted molar refractivity (Wildman–Crippen MR) is 69.4 cm³/mol. The van der Waals surface area contributed by atoms with Crippen LogP contribution in [0.15, 0.2) is 0 Å². The molecule has 0 saturated heterocycles. The summed E-state index contributed by atoms with van der Waals surface area (Å²) in [7, 11) is 2.31. The summed E-state index contributed by atoms with van der Waals surface area (Å²) in [6.45, 7) is 4.52. The summed E-state index contributed by atoms with van der Waals surface area (Å²) in [4.78, 5) is 2.61. The largest absolute Gasteiger partial charge is 0.329 e. The molecule has 2 nitrogen and oxygen atoms in total. The Morgan fingerprint density at radius 3 is 2.38 bits per heavy atom. The molecular weight excluding hydrogens is 196 g/mol. The van der Waals surface area contributed by atoms with Gasteiger partial charge >= 0.3 is 0 Å². The van der Waals surface area contributed by atoms with Gasteiger partial charge < -0.3 is 5.73 Å². The maximum atomic E-state index is 6.09. The maximum Gasteiger partial charge on any atom is 0.0354 e. The summed E-state index contributed by atoms with van der Waals surface area (Å²) in [5.74, 6) is 1.73. The van der Waals surface area contributed by atoms with E-state index in [1.807, 2.05) is 0 Å². The summed E-state index contributed by atoms with van der Waals surface area (Å²) in [5.41, 5.74) is 6.41. The zero-order valence-corrected chi connectivity index (χ0v) is 11.0. The number of nitrogens with two attached hydrogens (primary N) is 1. The van der Waals surface area contributed by atoms with Gasteiger partial charge in [0.1, 0.15) is 0 Å². The first kappa shape index (κ1) is 12.4. The van der Waals surface area contributed by atoms with Gasteiger partial charge in [-0.15, -0.1) is 0 Å². The lowest BCUT2D eigenvalue weighted by molar-refractivity contribution is 0.0756. The highest BCUT2D eigenvalue weighted by Crippen LogP contribution is 2.40. The standard InChI is InChI=1S/C14H28N2/c1-12-6-5-9-14(12,11-15)16(2)10-13-7-3-4-8-13/h12-13H,3-11,15H2,1-2H3. The molecule has 2 N–H and O–H groups in total. The van der Waals surface area contributed by atoms with Crippen molar-refractivity contribution >= 4 is 0 Å². The smallest absolute Gasteiger partial charge is 0.0354 e. The van der Waals surface area contributed by atoms with E-state index in [-0.39, 0.29) is 0 Å². The predicted octanol–water partition coefficient (Wildman–Crippen LogP) is 2.63. The minimum Gasteiger partial charge on any atom is -0.329 e. The lowest BCUT2D eigenvalue weighted by Gasteiger charge is -2.43. The fourth-order valence-electron chi connectivity index (χ4n) is 4.02. The van der Waals surface area contributed by atoms with Gasteiger partial charge in [-0.1, -0.05) is 26.2 Å². The Bertz CT molecular complexity index is 223. The van der Waals surface area contributed by atoms with Crippen LogP contribution in [0.2, 0.25) is 0 Å². The van der Waals surface area contributed by atoms with Gasteiger partial charge in [0.05, 0.1) is 0 Å². The molecule has 2 rings (SSSR count). The molecule has 0 bridgehead atoms. The highest BCUT2D eigenvalue weighted by atomic mass is 15.2. The molecule has 0 radical (unpaired) electrons. The first-order valence-electron chi connectivity index (χ1n) is 7.10. The molecule has 0 aliphatic heterocycles. The fourth-order valence-corrected chi connectivity index (χ4v) is 4.02. The zero-order valence-electron chi connectivity index (χ0n) is 11.0. The Labute approximate surface area is 101 Å². The molecule has 0 spiro atoms. The third kappa shape index (κ3) is 2.14. The molecule has 94 valence electrons. The number of hydrogen-bond donors (Lipinski definition) is 1. The van der Waals surface area contributed by atoms with E-state index in [1.165, 1.54) is 51.5 Å². The van der Waals surface area contributed by atoms with Gasteiger partial charge in [0.15, 0.2) is 0 Å². The summed E-state index contributed by atoms with van der Waals surface area (Å²) >= 11 is 0. The lowest BCUT2D eigenvalue weighted by atomic mass is 9.86. The fraction of sp³-hybridized carbons (Fsp3) is 1.00. The molecule has 0 heterocycles. The Morgan fingerprint density at radius 2 is 1.88 bits per heavy atom. The first-order valence-corrected chi connectivity index (χ1v) is 7.10. The van der Waals surface area contributed by atoms with Crippen LogP contribution >= 0.6 is 0 Å². The van der Waals surface area contributed by atoms with Crippen LogP contribution in [0.3, 0.4) is 0 Å². The van der Waals surface area contributed by atoms with Crippen LogP contribution in [-0.2, 0) is 0 Å². The second-order valence-electron chi connectivity index (χ2n) is 6.13. The van der Waals surface area contributed by atoms with E-state index >= 15 is 0 Å². The SMILES string of the molecule is CC1CCCC1(CN)N(C)CC1CCCC1. The average Bonchev–Trinajstić information content (AvgIpc) is 2.88. The van der Waals surface area contributed by atoms with Crippen molar-refractivity contribution in [1.82, 2.24) is 4.90 Å². The van der Waals surface area contributed by atoms with Crippen LogP contribution < -0.4 is 5.73 Å². The van der Waals surface area contributed by atoms with Crippen molar-refractivity contribution in [2.45, 2.75) is 57.4 Å². The van der Waals surface area contributed by atoms with Crippen LogP contribution in [-0.4, -0.2) is 30.6 Å². The quantitative estimate of drug-likeness (QED) is 0.795. The van der Waals surface area contributed by atoms with E-state index in [0.29, 0.717) is 5.54 Å². The van der Waals surface area contributed by atoms with E-state index in [1.54, 1.807) is 0 Å². The average molecular weight is 224 g/mol. The van der Waals surface area contributed by atoms with Gasteiger partial charge in [-0.05, 0) is 44.6 Å². The highest BCUT2D eigenvalue weighted by molar-refractivity contribution is 4.99. The van der Waals surface area contributed by atoms with Gasteiger partial charge in [0, 0.05) is 18.6 Å². The molecule has 0 amide bonds. The molecule has 2 aliphatic carbocycles. The van der Waals surface area contributed by atoms with E-state index < -0.39 is 0 Å². The minimum absolute atomic E-state index is 0.322. The molecule has 0 aromatic heterocycles. The Hall–Kier alpha value is -0.0800. The van der Waals surface area contributed by atoms with Crippen molar-refractivity contribution in [3.63, 3.8) is 0 Å². The van der Waals surface area contributed by atoms with Crippen LogP contribution in [0.4, 0.5) is 0 Å². The van der Waals surface area contributed by atoms with Crippen LogP contribution in [0.1, 0.15) is 51.9 Å². The van der Waals surface area contributed by atoms with Crippen molar-refractivity contribution < 1.29 is 0 Å². The van der Waals surface area contributed by atoms with Crippen LogP contribution in [0, 0.1) is 11.8 Å². The van der Waals surface area contributed by atoms with Crippen LogP contribution in [0.5, 0.6) is 0 Å². The molecule has 16 heavy (non-hydrogen) atoms. The minimum atomic E-state index is 0.322. The van der Waals surface area contributed by atoms with E-state index in [0.717, 1.165) is 18.4 Å². The van der Waals surface area contributed by atoms with Crippen LogP contribution in [0.25, 0.3) is 0 Å². The molecule has 2 aliphatic rings. The topological polar surface area (TPSA) is 29.3 Å². The van der Waals surface area contributed by atoms with Crippen molar-refractivity contribution in [3.05, 3.63) is 0 Å². The Kier molecular flexibility index (Phi) is 3.91. The van der Waals surface area contributed by atoms with Gasteiger partial charge in [-0.25, -0.2) is 0 Å². The van der Waals surface area contributed by atoms with Gasteiger partial charge in [-0.2, -0.15) is 0 Å². The number of hydrogen-bond acceptors (Lipinski definition) is 2. The number of nitrogens with zero attached hydrogens (tertiary/aromatic N) is 1. The molecule has 2 unspecified atom stereocenters. The second-order valence-corrected chi connectivity index (χ2v) is 6.13. The third-order valence-corrected chi connectivity index (χ3v) is 5.28. The highest BCUT2D eigenvalue weighted by Gasteiger charge is 2.42.